The highest BCUT2D eigenvalue weighted by atomic mass is 15.1. The van der Waals surface area contributed by atoms with Crippen molar-refractivity contribution < 1.29 is 0 Å². The molecule has 0 saturated carbocycles. The summed E-state index contributed by atoms with van der Waals surface area (Å²) in [5.74, 6) is 0. The Morgan fingerprint density at radius 2 is 1.43 bits per heavy atom. The van der Waals surface area contributed by atoms with Crippen molar-refractivity contribution in [2.24, 2.45) is 0 Å². The van der Waals surface area contributed by atoms with E-state index < -0.39 is 0 Å². The molecule has 1 aromatic rings. The zero-order valence-electron chi connectivity index (χ0n) is 14.1. The molecule has 0 amide bonds. The lowest BCUT2D eigenvalue weighted by atomic mass is 10.1. The lowest BCUT2D eigenvalue weighted by Gasteiger charge is -2.19. The van der Waals surface area contributed by atoms with E-state index >= 15 is 0 Å². The summed E-state index contributed by atoms with van der Waals surface area (Å²) in [6, 6.07) is 10.6. The summed E-state index contributed by atoms with van der Waals surface area (Å²) in [6.07, 6.45) is 11.0. The van der Waals surface area contributed by atoms with E-state index in [0.29, 0.717) is 0 Å². The fourth-order valence-corrected chi connectivity index (χ4v) is 2.58. The Hall–Kier alpha value is -1.02. The van der Waals surface area contributed by atoms with E-state index in [2.05, 4.69) is 54.5 Å². The standard InChI is InChI=1S/C19H34N2/c1-3-4-5-6-7-8-12-16-20-17-13-18-21(2)19-14-10-9-11-15-19/h9-11,14-15,20H,3-8,12-13,16-18H2,1-2H3. The van der Waals surface area contributed by atoms with Gasteiger partial charge in [0, 0.05) is 19.3 Å². The van der Waals surface area contributed by atoms with Gasteiger partial charge in [-0.1, -0.05) is 63.6 Å². The molecule has 2 heteroatoms. The van der Waals surface area contributed by atoms with Crippen LogP contribution in [0.25, 0.3) is 0 Å². The summed E-state index contributed by atoms with van der Waals surface area (Å²) < 4.78 is 0. The fourth-order valence-electron chi connectivity index (χ4n) is 2.58. The van der Waals surface area contributed by atoms with Crippen molar-refractivity contribution in [1.82, 2.24) is 5.32 Å². The number of nitrogens with one attached hydrogen (secondary N) is 1. The van der Waals surface area contributed by atoms with Crippen LogP contribution in [0.5, 0.6) is 0 Å². The molecule has 0 radical (unpaired) electrons. The van der Waals surface area contributed by atoms with Crippen molar-refractivity contribution in [3.05, 3.63) is 30.3 Å². The molecule has 0 spiro atoms. The topological polar surface area (TPSA) is 15.3 Å². The van der Waals surface area contributed by atoms with Crippen LogP contribution >= 0.6 is 0 Å². The first-order chi connectivity index (χ1) is 10.3. The number of rotatable bonds is 13. The third-order valence-corrected chi connectivity index (χ3v) is 4.00. The summed E-state index contributed by atoms with van der Waals surface area (Å²) >= 11 is 0. The smallest absolute Gasteiger partial charge is 0.0363 e. The van der Waals surface area contributed by atoms with Crippen molar-refractivity contribution in [1.29, 1.82) is 0 Å². The van der Waals surface area contributed by atoms with E-state index in [1.807, 2.05) is 0 Å². The van der Waals surface area contributed by atoms with E-state index in [9.17, 15) is 0 Å². The highest BCUT2D eigenvalue weighted by Gasteiger charge is 1.98. The molecule has 0 bridgehead atoms. The van der Waals surface area contributed by atoms with Crippen molar-refractivity contribution in [3.8, 4) is 0 Å². The number of anilines is 1. The number of unbranched alkanes of at least 4 members (excludes halogenated alkanes) is 6. The number of nitrogens with zero attached hydrogens (tertiary/aromatic N) is 1. The first-order valence-electron chi connectivity index (χ1n) is 8.81. The van der Waals surface area contributed by atoms with E-state index in [4.69, 9.17) is 0 Å². The second-order valence-corrected chi connectivity index (χ2v) is 5.98. The van der Waals surface area contributed by atoms with Gasteiger partial charge in [-0.25, -0.2) is 0 Å². The molecule has 0 aliphatic heterocycles. The number of benzene rings is 1. The Balaban J connectivity index is 1.86. The van der Waals surface area contributed by atoms with Crippen molar-refractivity contribution >= 4 is 5.69 Å². The van der Waals surface area contributed by atoms with Gasteiger partial charge in [0.25, 0.3) is 0 Å². The fraction of sp³-hybridized carbons (Fsp3) is 0.684. The van der Waals surface area contributed by atoms with Crippen LogP contribution in [0.2, 0.25) is 0 Å². The maximum Gasteiger partial charge on any atom is 0.0363 e. The van der Waals surface area contributed by atoms with Crippen LogP contribution in [0, 0.1) is 0 Å². The molecule has 0 unspecified atom stereocenters. The van der Waals surface area contributed by atoms with Crippen LogP contribution in [0.4, 0.5) is 5.69 Å². The van der Waals surface area contributed by atoms with E-state index in [1.54, 1.807) is 0 Å². The second-order valence-electron chi connectivity index (χ2n) is 5.98. The van der Waals surface area contributed by atoms with Crippen molar-refractivity contribution in [3.63, 3.8) is 0 Å². The summed E-state index contributed by atoms with van der Waals surface area (Å²) in [6.45, 7) is 5.71. The highest BCUT2D eigenvalue weighted by molar-refractivity contribution is 5.44. The lowest BCUT2D eigenvalue weighted by molar-refractivity contribution is 0.557. The molecule has 120 valence electrons. The van der Waals surface area contributed by atoms with Gasteiger partial charge in [-0.3, -0.25) is 0 Å². The molecule has 2 nitrogen and oxygen atoms in total. The van der Waals surface area contributed by atoms with Crippen LogP contribution < -0.4 is 10.2 Å². The zero-order chi connectivity index (χ0) is 15.2. The van der Waals surface area contributed by atoms with E-state index in [0.717, 1.165) is 13.1 Å². The van der Waals surface area contributed by atoms with Crippen LogP contribution in [0.3, 0.4) is 0 Å². The highest BCUT2D eigenvalue weighted by Crippen LogP contribution is 2.10. The van der Waals surface area contributed by atoms with Crippen molar-refractivity contribution in [2.45, 2.75) is 58.3 Å². The SMILES string of the molecule is CCCCCCCCCNCCCN(C)c1ccccc1. The predicted molar refractivity (Wildman–Crippen MR) is 95.2 cm³/mol. The van der Waals surface area contributed by atoms with Gasteiger partial charge in [-0.05, 0) is 38.1 Å². The summed E-state index contributed by atoms with van der Waals surface area (Å²) in [4.78, 5) is 2.33. The quantitative estimate of drug-likeness (QED) is 0.522. The van der Waals surface area contributed by atoms with Crippen molar-refractivity contribution in [2.75, 3.05) is 31.6 Å². The minimum absolute atomic E-state index is 1.12. The van der Waals surface area contributed by atoms with Gasteiger partial charge in [0.05, 0.1) is 0 Å². The monoisotopic (exact) mass is 290 g/mol. The normalized spacial score (nSPS) is 10.8. The Labute approximate surface area is 131 Å². The Morgan fingerprint density at radius 1 is 0.810 bits per heavy atom. The Bertz CT molecular complexity index is 324. The first kappa shape index (κ1) is 18.0. The van der Waals surface area contributed by atoms with Gasteiger partial charge >= 0.3 is 0 Å². The molecule has 0 aliphatic carbocycles. The third-order valence-electron chi connectivity index (χ3n) is 4.00. The molecule has 1 aromatic carbocycles. The maximum absolute atomic E-state index is 3.57. The molecular weight excluding hydrogens is 256 g/mol. The lowest BCUT2D eigenvalue weighted by Crippen LogP contribution is -2.24. The van der Waals surface area contributed by atoms with Crippen LogP contribution in [0.1, 0.15) is 58.3 Å². The van der Waals surface area contributed by atoms with Gasteiger partial charge in [-0.2, -0.15) is 0 Å². The van der Waals surface area contributed by atoms with Gasteiger partial charge in [0.2, 0.25) is 0 Å². The summed E-state index contributed by atoms with van der Waals surface area (Å²) in [7, 11) is 2.17. The van der Waals surface area contributed by atoms with Crippen LogP contribution in [-0.2, 0) is 0 Å². The predicted octanol–water partition coefficient (Wildman–Crippen LogP) is 4.85. The minimum Gasteiger partial charge on any atom is -0.375 e. The molecule has 1 rings (SSSR count). The second kappa shape index (κ2) is 12.7. The Morgan fingerprint density at radius 3 is 2.14 bits per heavy atom. The number of hydrogen-bond donors (Lipinski definition) is 1. The van der Waals surface area contributed by atoms with Gasteiger partial charge in [-0.15, -0.1) is 0 Å². The molecule has 0 heterocycles. The molecule has 0 saturated heterocycles. The zero-order valence-corrected chi connectivity index (χ0v) is 14.1. The minimum atomic E-state index is 1.12. The number of para-hydroxylation sites is 1. The summed E-state index contributed by atoms with van der Waals surface area (Å²) in [5.41, 5.74) is 1.31. The average Bonchev–Trinajstić information content (AvgIpc) is 2.53. The van der Waals surface area contributed by atoms with Gasteiger partial charge in [0.15, 0.2) is 0 Å². The average molecular weight is 290 g/mol. The van der Waals surface area contributed by atoms with E-state index in [1.165, 1.54) is 63.6 Å². The molecule has 0 aromatic heterocycles. The van der Waals surface area contributed by atoms with Gasteiger partial charge < -0.3 is 10.2 Å². The Kier molecular flexibility index (Phi) is 10.9. The third kappa shape index (κ3) is 9.52. The number of hydrogen-bond acceptors (Lipinski definition) is 2. The van der Waals surface area contributed by atoms with Crippen LogP contribution in [0.15, 0.2) is 30.3 Å². The molecule has 0 aliphatic rings. The maximum atomic E-state index is 3.57. The molecule has 1 N–H and O–H groups in total. The van der Waals surface area contributed by atoms with Gasteiger partial charge in [0.1, 0.15) is 0 Å². The first-order valence-corrected chi connectivity index (χ1v) is 8.81. The van der Waals surface area contributed by atoms with Crippen LogP contribution in [-0.4, -0.2) is 26.7 Å². The molecule has 0 atom stereocenters. The largest absolute Gasteiger partial charge is 0.375 e. The molecular formula is C19H34N2. The van der Waals surface area contributed by atoms with E-state index in [-0.39, 0.29) is 0 Å². The molecule has 0 fully saturated rings. The summed E-state index contributed by atoms with van der Waals surface area (Å²) in [5, 5.41) is 3.57. The molecule has 21 heavy (non-hydrogen) atoms.